The van der Waals surface area contributed by atoms with Crippen LogP contribution in [0.25, 0.3) is 0 Å². The fraction of sp³-hybridized carbons (Fsp3) is 0.643. The number of ether oxygens (including phenoxy) is 1. The summed E-state index contributed by atoms with van der Waals surface area (Å²) >= 11 is 0. The first kappa shape index (κ1) is 13.2. The van der Waals surface area contributed by atoms with Crippen molar-refractivity contribution < 1.29 is 9.53 Å². The number of Topliss-reactive ketones (excluding diaryl/α,β-unsaturated/α-hetero) is 1. The van der Waals surface area contributed by atoms with Gasteiger partial charge >= 0.3 is 0 Å². The molecule has 0 aromatic carbocycles. The Labute approximate surface area is 98.4 Å². The summed E-state index contributed by atoms with van der Waals surface area (Å²) < 4.78 is 6.04. The van der Waals surface area contributed by atoms with Crippen LogP contribution in [0.3, 0.4) is 0 Å². The van der Waals surface area contributed by atoms with E-state index in [-0.39, 0.29) is 11.9 Å². The van der Waals surface area contributed by atoms with E-state index in [0.717, 1.165) is 19.3 Å². The predicted molar refractivity (Wildman–Crippen MR) is 66.4 cm³/mol. The zero-order valence-electron chi connectivity index (χ0n) is 10.5. The van der Waals surface area contributed by atoms with Crippen molar-refractivity contribution in [3.05, 3.63) is 24.3 Å². The molecule has 0 heterocycles. The van der Waals surface area contributed by atoms with Crippen LogP contribution >= 0.6 is 0 Å². The van der Waals surface area contributed by atoms with E-state index in [1.54, 1.807) is 6.92 Å². The van der Waals surface area contributed by atoms with E-state index in [1.165, 1.54) is 0 Å². The van der Waals surface area contributed by atoms with E-state index in [0.29, 0.717) is 6.42 Å². The Balaban J connectivity index is 2.75. The lowest BCUT2D eigenvalue weighted by molar-refractivity contribution is -0.143. The van der Waals surface area contributed by atoms with Crippen LogP contribution in [0.15, 0.2) is 24.3 Å². The first-order chi connectivity index (χ1) is 7.64. The summed E-state index contributed by atoms with van der Waals surface area (Å²) in [6.45, 7) is 5.86. The summed E-state index contributed by atoms with van der Waals surface area (Å²) in [7, 11) is 0. The molecule has 2 heteroatoms. The molecule has 90 valence electrons. The molecule has 0 bridgehead atoms. The Morgan fingerprint density at radius 3 is 2.62 bits per heavy atom. The number of hydrogen-bond donors (Lipinski definition) is 0. The lowest BCUT2D eigenvalue weighted by atomic mass is 9.90. The van der Waals surface area contributed by atoms with Crippen LogP contribution in [0.5, 0.6) is 0 Å². The highest BCUT2D eigenvalue weighted by molar-refractivity contribution is 5.87. The van der Waals surface area contributed by atoms with E-state index < -0.39 is 5.60 Å². The molecular weight excluding hydrogens is 200 g/mol. The molecule has 1 aliphatic carbocycles. The van der Waals surface area contributed by atoms with Crippen LogP contribution in [0, 0.1) is 0 Å². The highest BCUT2D eigenvalue weighted by Crippen LogP contribution is 2.27. The van der Waals surface area contributed by atoms with E-state index in [1.807, 2.05) is 24.3 Å². The van der Waals surface area contributed by atoms with Crippen molar-refractivity contribution >= 4 is 5.78 Å². The Kier molecular flexibility index (Phi) is 4.94. The number of carbonyl (C=O) groups is 1. The van der Waals surface area contributed by atoms with Gasteiger partial charge in [0, 0.05) is 6.42 Å². The average Bonchev–Trinajstić information content (AvgIpc) is 2.29. The standard InChI is InChI=1S/C14H22O2/c1-4-9-13(5-2)16-14(12(3)15)10-7-6-8-11-14/h6-8,10,13H,4-5,9,11H2,1-3H3. The summed E-state index contributed by atoms with van der Waals surface area (Å²) in [6, 6.07) is 0. The average molecular weight is 222 g/mol. The second kappa shape index (κ2) is 6.00. The van der Waals surface area contributed by atoms with Crippen LogP contribution < -0.4 is 0 Å². The Hall–Kier alpha value is -0.890. The highest BCUT2D eigenvalue weighted by Gasteiger charge is 2.35. The van der Waals surface area contributed by atoms with Gasteiger partial charge in [-0.15, -0.1) is 0 Å². The van der Waals surface area contributed by atoms with Gasteiger partial charge in [0.05, 0.1) is 6.10 Å². The van der Waals surface area contributed by atoms with Crippen molar-refractivity contribution in [1.82, 2.24) is 0 Å². The van der Waals surface area contributed by atoms with Gasteiger partial charge in [0.15, 0.2) is 5.78 Å². The molecule has 0 aromatic rings. The molecule has 0 saturated carbocycles. The van der Waals surface area contributed by atoms with Gasteiger partial charge in [0.1, 0.15) is 5.60 Å². The lowest BCUT2D eigenvalue weighted by Crippen LogP contribution is -2.41. The fourth-order valence-electron chi connectivity index (χ4n) is 2.00. The normalized spacial score (nSPS) is 25.7. The topological polar surface area (TPSA) is 26.3 Å². The minimum Gasteiger partial charge on any atom is -0.360 e. The van der Waals surface area contributed by atoms with Crippen LogP contribution in [-0.4, -0.2) is 17.5 Å². The fourth-order valence-corrected chi connectivity index (χ4v) is 2.00. The quantitative estimate of drug-likeness (QED) is 0.688. The van der Waals surface area contributed by atoms with Crippen LogP contribution in [0.1, 0.15) is 46.5 Å². The molecule has 2 unspecified atom stereocenters. The van der Waals surface area contributed by atoms with E-state index in [9.17, 15) is 4.79 Å². The number of hydrogen-bond acceptors (Lipinski definition) is 2. The third kappa shape index (κ3) is 3.05. The van der Waals surface area contributed by atoms with Crippen LogP contribution in [0.2, 0.25) is 0 Å². The minimum absolute atomic E-state index is 0.0997. The summed E-state index contributed by atoms with van der Waals surface area (Å²) in [5.74, 6) is 0.0997. The predicted octanol–water partition coefficient (Wildman–Crippen LogP) is 3.43. The molecule has 2 atom stereocenters. The van der Waals surface area contributed by atoms with Crippen molar-refractivity contribution in [1.29, 1.82) is 0 Å². The summed E-state index contributed by atoms with van der Waals surface area (Å²) in [5, 5.41) is 0. The zero-order valence-corrected chi connectivity index (χ0v) is 10.5. The molecule has 1 aliphatic rings. The molecular formula is C14H22O2. The molecule has 0 saturated heterocycles. The van der Waals surface area contributed by atoms with Crippen molar-refractivity contribution in [3.63, 3.8) is 0 Å². The van der Waals surface area contributed by atoms with E-state index in [4.69, 9.17) is 4.74 Å². The van der Waals surface area contributed by atoms with Gasteiger partial charge in [-0.25, -0.2) is 0 Å². The third-order valence-electron chi connectivity index (χ3n) is 3.07. The molecule has 0 radical (unpaired) electrons. The molecule has 0 spiro atoms. The monoisotopic (exact) mass is 222 g/mol. The number of ketones is 1. The van der Waals surface area contributed by atoms with Gasteiger partial charge in [-0.2, -0.15) is 0 Å². The summed E-state index contributed by atoms with van der Waals surface area (Å²) in [5.41, 5.74) is -0.704. The maximum Gasteiger partial charge on any atom is 0.165 e. The van der Waals surface area contributed by atoms with Gasteiger partial charge in [0.25, 0.3) is 0 Å². The number of allylic oxidation sites excluding steroid dienone is 2. The van der Waals surface area contributed by atoms with Gasteiger partial charge in [0.2, 0.25) is 0 Å². The van der Waals surface area contributed by atoms with Gasteiger partial charge in [-0.05, 0) is 25.8 Å². The van der Waals surface area contributed by atoms with Crippen molar-refractivity contribution in [2.75, 3.05) is 0 Å². The summed E-state index contributed by atoms with van der Waals surface area (Å²) in [4.78, 5) is 11.8. The minimum atomic E-state index is -0.704. The maximum absolute atomic E-state index is 11.8. The molecule has 16 heavy (non-hydrogen) atoms. The second-order valence-corrected chi connectivity index (χ2v) is 4.37. The lowest BCUT2D eigenvalue weighted by Gasteiger charge is -2.33. The first-order valence-corrected chi connectivity index (χ1v) is 6.18. The zero-order chi connectivity index (χ0) is 12.0. The summed E-state index contributed by atoms with van der Waals surface area (Å²) in [6.07, 6.45) is 11.7. The van der Waals surface area contributed by atoms with E-state index >= 15 is 0 Å². The van der Waals surface area contributed by atoms with Gasteiger partial charge < -0.3 is 4.74 Å². The molecule has 0 N–H and O–H groups in total. The van der Waals surface area contributed by atoms with Crippen molar-refractivity contribution in [2.45, 2.75) is 58.2 Å². The highest BCUT2D eigenvalue weighted by atomic mass is 16.5. The third-order valence-corrected chi connectivity index (χ3v) is 3.07. The molecule has 0 amide bonds. The smallest absolute Gasteiger partial charge is 0.165 e. The largest absolute Gasteiger partial charge is 0.360 e. The molecule has 2 nitrogen and oxygen atoms in total. The number of carbonyl (C=O) groups excluding carboxylic acids is 1. The van der Waals surface area contributed by atoms with Crippen LogP contribution in [0.4, 0.5) is 0 Å². The van der Waals surface area contributed by atoms with Crippen molar-refractivity contribution in [3.8, 4) is 0 Å². The molecule has 1 rings (SSSR count). The molecule has 0 aliphatic heterocycles. The first-order valence-electron chi connectivity index (χ1n) is 6.18. The van der Waals surface area contributed by atoms with Gasteiger partial charge in [-0.1, -0.05) is 38.5 Å². The van der Waals surface area contributed by atoms with Crippen LogP contribution in [-0.2, 0) is 9.53 Å². The Bertz CT molecular complexity index is 291. The molecule has 0 aromatic heterocycles. The Morgan fingerprint density at radius 1 is 1.44 bits per heavy atom. The SMILES string of the molecule is CCCC(CC)OC1(C(C)=O)C=CC=CC1. The second-order valence-electron chi connectivity index (χ2n) is 4.37. The van der Waals surface area contributed by atoms with E-state index in [2.05, 4.69) is 13.8 Å². The Morgan fingerprint density at radius 2 is 2.19 bits per heavy atom. The van der Waals surface area contributed by atoms with Crippen molar-refractivity contribution in [2.24, 2.45) is 0 Å². The maximum atomic E-state index is 11.8. The number of rotatable bonds is 6. The van der Waals surface area contributed by atoms with Gasteiger partial charge in [-0.3, -0.25) is 4.79 Å². The molecule has 0 fully saturated rings.